The van der Waals surface area contributed by atoms with E-state index in [1.807, 2.05) is 6.92 Å². The zero-order valence-electron chi connectivity index (χ0n) is 7.08. The van der Waals surface area contributed by atoms with E-state index in [0.29, 0.717) is 0 Å². The average molecular weight is 187 g/mol. The average Bonchev–Trinajstić information content (AvgIpc) is 2.03. The van der Waals surface area contributed by atoms with Gasteiger partial charge in [-0.2, -0.15) is 0 Å². The lowest BCUT2D eigenvalue weighted by atomic mass is 10.1. The monoisotopic (exact) mass is 186 g/mol. The summed E-state index contributed by atoms with van der Waals surface area (Å²) in [5.41, 5.74) is 1.56. The van der Waals surface area contributed by atoms with Crippen molar-refractivity contribution in [3.63, 3.8) is 0 Å². The zero-order chi connectivity index (χ0) is 9.14. The number of nitrogens with zero attached hydrogens (tertiary/aromatic N) is 2. The summed E-state index contributed by atoms with van der Waals surface area (Å²) in [5.74, 6) is 0. The molecule has 0 radical (unpaired) electrons. The smallest absolute Gasteiger partial charge is 0.222 e. The van der Waals surface area contributed by atoms with Crippen molar-refractivity contribution >= 4 is 11.6 Å². The fraction of sp³-hybridized carbons (Fsp3) is 0.500. The molecule has 1 heterocycles. The maximum absolute atomic E-state index is 9.30. The minimum Gasteiger partial charge on any atom is -0.389 e. The Bertz CT molecular complexity index is 276. The Balaban J connectivity index is 3.11. The van der Waals surface area contributed by atoms with E-state index in [-0.39, 0.29) is 5.28 Å². The van der Waals surface area contributed by atoms with Gasteiger partial charge in [-0.25, -0.2) is 9.97 Å². The van der Waals surface area contributed by atoms with E-state index in [9.17, 15) is 5.11 Å². The molecule has 1 atom stereocenters. The summed E-state index contributed by atoms with van der Waals surface area (Å²) in [6.45, 7) is 3.65. The second-order valence-corrected chi connectivity index (χ2v) is 2.91. The summed E-state index contributed by atoms with van der Waals surface area (Å²) < 4.78 is 0. The highest BCUT2D eigenvalue weighted by molar-refractivity contribution is 6.28. The van der Waals surface area contributed by atoms with E-state index >= 15 is 0 Å². The predicted molar refractivity (Wildman–Crippen MR) is 47.1 cm³/mol. The third kappa shape index (κ3) is 1.93. The van der Waals surface area contributed by atoms with Crippen molar-refractivity contribution < 1.29 is 5.11 Å². The quantitative estimate of drug-likeness (QED) is 0.716. The molecule has 0 saturated carbocycles. The Morgan fingerprint density at radius 1 is 1.67 bits per heavy atom. The Labute approximate surface area is 76.4 Å². The van der Waals surface area contributed by atoms with E-state index in [1.54, 1.807) is 13.1 Å². The van der Waals surface area contributed by atoms with Gasteiger partial charge in [0.1, 0.15) is 0 Å². The van der Waals surface area contributed by atoms with Crippen molar-refractivity contribution in [3.8, 4) is 0 Å². The molecule has 0 aliphatic carbocycles. The van der Waals surface area contributed by atoms with E-state index in [2.05, 4.69) is 9.97 Å². The summed E-state index contributed by atoms with van der Waals surface area (Å²) >= 11 is 5.60. The number of aromatic nitrogens is 2. The van der Waals surface area contributed by atoms with Crippen LogP contribution in [0.3, 0.4) is 0 Å². The molecule has 0 aliphatic rings. The molecule has 66 valence electrons. The first-order valence-corrected chi connectivity index (χ1v) is 4.22. The first-order chi connectivity index (χ1) is 5.65. The molecule has 3 nitrogen and oxygen atoms in total. The predicted octanol–water partition coefficient (Wildman–Crippen LogP) is 1.75. The fourth-order valence-corrected chi connectivity index (χ4v) is 1.19. The maximum Gasteiger partial charge on any atom is 0.222 e. The normalized spacial score (nSPS) is 13.0. The topological polar surface area (TPSA) is 46.0 Å². The standard InChI is InChI=1S/C8H11ClN2O/c1-3-7-6(5(2)12)4-10-8(9)11-7/h4-5,12H,3H2,1-2H3. The molecule has 0 bridgehead atoms. The summed E-state index contributed by atoms with van der Waals surface area (Å²) in [7, 11) is 0. The number of aliphatic hydroxyl groups is 1. The molecule has 0 amide bonds. The molecule has 0 saturated heterocycles. The second-order valence-electron chi connectivity index (χ2n) is 2.57. The first kappa shape index (κ1) is 9.42. The number of hydrogen-bond donors (Lipinski definition) is 1. The van der Waals surface area contributed by atoms with Crippen LogP contribution in [0.1, 0.15) is 31.2 Å². The number of hydrogen-bond acceptors (Lipinski definition) is 3. The Kier molecular flexibility index (Phi) is 3.00. The van der Waals surface area contributed by atoms with Crippen LogP contribution in [0.5, 0.6) is 0 Å². The molecule has 0 fully saturated rings. The lowest BCUT2D eigenvalue weighted by molar-refractivity contribution is 0.197. The van der Waals surface area contributed by atoms with E-state index < -0.39 is 6.10 Å². The SMILES string of the molecule is CCc1nc(Cl)ncc1C(C)O. The van der Waals surface area contributed by atoms with Gasteiger partial charge in [-0.15, -0.1) is 0 Å². The molecule has 0 aromatic carbocycles. The van der Waals surface area contributed by atoms with Gasteiger partial charge in [0.05, 0.1) is 11.8 Å². The van der Waals surface area contributed by atoms with Crippen molar-refractivity contribution in [2.24, 2.45) is 0 Å². The molecule has 1 N–H and O–H groups in total. The Morgan fingerprint density at radius 3 is 2.83 bits per heavy atom. The van der Waals surface area contributed by atoms with Gasteiger partial charge in [-0.05, 0) is 24.9 Å². The highest BCUT2D eigenvalue weighted by Crippen LogP contribution is 2.16. The first-order valence-electron chi connectivity index (χ1n) is 3.84. The highest BCUT2D eigenvalue weighted by Gasteiger charge is 2.08. The Hall–Kier alpha value is -0.670. The van der Waals surface area contributed by atoms with Gasteiger partial charge in [-0.1, -0.05) is 6.92 Å². The van der Waals surface area contributed by atoms with Crippen LogP contribution >= 0.6 is 11.6 Å². The van der Waals surface area contributed by atoms with E-state index in [4.69, 9.17) is 11.6 Å². The minimum atomic E-state index is -0.530. The molecule has 4 heteroatoms. The molecule has 0 aliphatic heterocycles. The molecule has 0 spiro atoms. The summed E-state index contributed by atoms with van der Waals surface area (Å²) in [5, 5.41) is 9.54. The van der Waals surface area contributed by atoms with Gasteiger partial charge in [-0.3, -0.25) is 0 Å². The summed E-state index contributed by atoms with van der Waals surface area (Å²) in [6.07, 6.45) is 1.79. The number of aryl methyl sites for hydroxylation is 1. The maximum atomic E-state index is 9.30. The van der Waals surface area contributed by atoms with Gasteiger partial charge in [0.15, 0.2) is 0 Å². The van der Waals surface area contributed by atoms with Crippen molar-refractivity contribution in [1.29, 1.82) is 0 Å². The van der Waals surface area contributed by atoms with Gasteiger partial charge < -0.3 is 5.11 Å². The second kappa shape index (κ2) is 3.83. The summed E-state index contributed by atoms with van der Waals surface area (Å²) in [6, 6.07) is 0. The molecular formula is C8H11ClN2O. The third-order valence-corrected chi connectivity index (χ3v) is 1.84. The van der Waals surface area contributed by atoms with Crippen LogP contribution in [0.4, 0.5) is 0 Å². The van der Waals surface area contributed by atoms with E-state index in [1.165, 1.54) is 0 Å². The van der Waals surface area contributed by atoms with Gasteiger partial charge >= 0.3 is 0 Å². The Morgan fingerprint density at radius 2 is 2.33 bits per heavy atom. The lowest BCUT2D eigenvalue weighted by Gasteiger charge is -2.08. The van der Waals surface area contributed by atoms with Crippen LogP contribution in [0, 0.1) is 0 Å². The van der Waals surface area contributed by atoms with Crippen LogP contribution in [-0.2, 0) is 6.42 Å². The molecule has 1 aromatic rings. The molecule has 1 rings (SSSR count). The van der Waals surface area contributed by atoms with Crippen molar-refractivity contribution in [1.82, 2.24) is 9.97 Å². The zero-order valence-corrected chi connectivity index (χ0v) is 7.84. The van der Waals surface area contributed by atoms with Crippen LogP contribution < -0.4 is 0 Å². The minimum absolute atomic E-state index is 0.233. The van der Waals surface area contributed by atoms with Crippen molar-refractivity contribution in [2.45, 2.75) is 26.4 Å². The third-order valence-electron chi connectivity index (χ3n) is 1.66. The van der Waals surface area contributed by atoms with Crippen molar-refractivity contribution in [3.05, 3.63) is 22.7 Å². The largest absolute Gasteiger partial charge is 0.389 e. The van der Waals surface area contributed by atoms with Crippen LogP contribution in [-0.4, -0.2) is 15.1 Å². The van der Waals surface area contributed by atoms with Gasteiger partial charge in [0.2, 0.25) is 5.28 Å². The number of aliphatic hydroxyl groups excluding tert-OH is 1. The summed E-state index contributed by atoms with van der Waals surface area (Å²) in [4.78, 5) is 7.81. The molecular weight excluding hydrogens is 176 g/mol. The number of rotatable bonds is 2. The molecule has 12 heavy (non-hydrogen) atoms. The van der Waals surface area contributed by atoms with Gasteiger partial charge in [0, 0.05) is 11.8 Å². The van der Waals surface area contributed by atoms with Crippen molar-refractivity contribution in [2.75, 3.05) is 0 Å². The molecule has 1 aromatic heterocycles. The lowest BCUT2D eigenvalue weighted by Crippen LogP contribution is -2.02. The molecule has 1 unspecified atom stereocenters. The number of halogens is 1. The fourth-order valence-electron chi connectivity index (χ4n) is 1.03. The van der Waals surface area contributed by atoms with Gasteiger partial charge in [0.25, 0.3) is 0 Å². The van der Waals surface area contributed by atoms with Crippen LogP contribution in [0.25, 0.3) is 0 Å². The van der Waals surface area contributed by atoms with Crippen LogP contribution in [0.2, 0.25) is 5.28 Å². The highest BCUT2D eigenvalue weighted by atomic mass is 35.5. The van der Waals surface area contributed by atoms with Crippen LogP contribution in [0.15, 0.2) is 6.20 Å². The van der Waals surface area contributed by atoms with E-state index in [0.717, 1.165) is 17.7 Å².